The number of carbonyl (C=O) groups is 1. The first-order chi connectivity index (χ1) is 13.8. The molecule has 1 saturated heterocycles. The van der Waals surface area contributed by atoms with E-state index in [2.05, 4.69) is 15.3 Å². The van der Waals surface area contributed by atoms with Crippen LogP contribution in [0.4, 0.5) is 25.1 Å². The number of halogens is 3. The minimum atomic E-state index is -0.746. The highest BCUT2D eigenvalue weighted by molar-refractivity contribution is 6.31. The lowest BCUT2D eigenvalue weighted by Crippen LogP contribution is -2.25. The molecule has 2 aromatic heterocycles. The molecule has 29 heavy (non-hydrogen) atoms. The van der Waals surface area contributed by atoms with Gasteiger partial charge in [0.05, 0.1) is 23.8 Å². The van der Waals surface area contributed by atoms with E-state index in [0.717, 1.165) is 6.07 Å². The summed E-state index contributed by atoms with van der Waals surface area (Å²) in [5.41, 5.74) is -0.225. The normalized spacial score (nSPS) is 14.9. The van der Waals surface area contributed by atoms with E-state index in [0.29, 0.717) is 5.39 Å². The van der Waals surface area contributed by atoms with Gasteiger partial charge in [-0.2, -0.15) is 0 Å². The molecule has 0 unspecified atom stereocenters. The number of nitrogens with zero attached hydrogens (tertiary/aromatic N) is 2. The Bertz CT molecular complexity index is 1180. The van der Waals surface area contributed by atoms with Gasteiger partial charge in [-0.05, 0) is 31.2 Å². The van der Waals surface area contributed by atoms with Crippen molar-refractivity contribution in [1.29, 1.82) is 0 Å². The number of nitrogens with one attached hydrogen (secondary N) is 2. The molecule has 3 aromatic rings. The molecule has 0 spiro atoms. The number of H-pyrrole nitrogens is 1. The first-order valence-corrected chi connectivity index (χ1v) is 9.10. The topological polar surface area (TPSA) is 87.3 Å². The molecular formula is C19H15ClF2N4O3. The third-order valence-corrected chi connectivity index (χ3v) is 4.86. The molecule has 1 amide bonds. The highest BCUT2D eigenvalue weighted by Gasteiger charge is 2.28. The lowest BCUT2D eigenvalue weighted by atomic mass is 10.1. The second-order valence-corrected chi connectivity index (χ2v) is 6.97. The van der Waals surface area contributed by atoms with Crippen molar-refractivity contribution < 1.29 is 18.3 Å². The fourth-order valence-corrected chi connectivity index (χ4v) is 3.43. The van der Waals surface area contributed by atoms with Crippen LogP contribution in [-0.2, 0) is 4.74 Å². The maximum absolute atomic E-state index is 14.9. The van der Waals surface area contributed by atoms with Crippen molar-refractivity contribution in [3.63, 3.8) is 0 Å². The summed E-state index contributed by atoms with van der Waals surface area (Å²) < 4.78 is 33.8. The minimum absolute atomic E-state index is 0.0264. The van der Waals surface area contributed by atoms with E-state index in [1.807, 2.05) is 0 Å². The number of amides is 1. The van der Waals surface area contributed by atoms with Crippen LogP contribution in [0.3, 0.4) is 0 Å². The van der Waals surface area contributed by atoms with Crippen molar-refractivity contribution in [2.24, 2.45) is 0 Å². The largest absolute Gasteiger partial charge is 0.447 e. The molecule has 4 rings (SSSR count). The van der Waals surface area contributed by atoms with Crippen LogP contribution < -0.4 is 15.8 Å². The molecule has 1 aliphatic rings. The Morgan fingerprint density at radius 3 is 2.83 bits per heavy atom. The summed E-state index contributed by atoms with van der Waals surface area (Å²) in [7, 11) is 0. The molecule has 7 nitrogen and oxygen atoms in total. The number of rotatable bonds is 4. The summed E-state index contributed by atoms with van der Waals surface area (Å²) in [6.45, 7) is 2.03. The first kappa shape index (κ1) is 19.1. The molecule has 2 N–H and O–H groups in total. The van der Waals surface area contributed by atoms with Gasteiger partial charge < -0.3 is 15.0 Å². The van der Waals surface area contributed by atoms with E-state index in [1.54, 1.807) is 6.92 Å². The van der Waals surface area contributed by atoms with Crippen LogP contribution in [0.5, 0.6) is 0 Å². The molecule has 150 valence electrons. The fraction of sp³-hybridized carbons (Fsp3) is 0.211. The zero-order valence-electron chi connectivity index (χ0n) is 15.1. The van der Waals surface area contributed by atoms with Crippen molar-refractivity contribution in [1.82, 2.24) is 9.97 Å². The van der Waals surface area contributed by atoms with Gasteiger partial charge in [0.15, 0.2) is 11.6 Å². The van der Waals surface area contributed by atoms with Crippen LogP contribution in [-0.4, -0.2) is 29.2 Å². The van der Waals surface area contributed by atoms with Crippen molar-refractivity contribution in [3.05, 3.63) is 63.0 Å². The maximum Gasteiger partial charge on any atom is 0.414 e. The molecule has 0 bridgehead atoms. The zero-order chi connectivity index (χ0) is 20.7. The first-order valence-electron chi connectivity index (χ1n) is 8.72. The quantitative estimate of drug-likeness (QED) is 0.666. The zero-order valence-corrected chi connectivity index (χ0v) is 15.9. The van der Waals surface area contributed by atoms with Crippen molar-refractivity contribution in [2.75, 3.05) is 23.4 Å². The summed E-state index contributed by atoms with van der Waals surface area (Å²) >= 11 is 5.89. The van der Waals surface area contributed by atoms with Gasteiger partial charge in [-0.25, -0.2) is 18.6 Å². The third-order valence-electron chi connectivity index (χ3n) is 4.64. The van der Waals surface area contributed by atoms with E-state index in [1.165, 1.54) is 29.3 Å². The molecular weight excluding hydrogens is 406 g/mol. The van der Waals surface area contributed by atoms with Gasteiger partial charge in [0.2, 0.25) is 0 Å². The maximum atomic E-state index is 14.9. The highest BCUT2D eigenvalue weighted by atomic mass is 35.5. The minimum Gasteiger partial charge on any atom is -0.447 e. The third kappa shape index (κ3) is 3.49. The van der Waals surface area contributed by atoms with Crippen molar-refractivity contribution >= 4 is 40.1 Å². The molecule has 1 fully saturated rings. The molecule has 0 saturated carbocycles. The highest BCUT2D eigenvalue weighted by Crippen LogP contribution is 2.29. The van der Waals surface area contributed by atoms with Crippen molar-refractivity contribution in [3.8, 4) is 0 Å². The van der Waals surface area contributed by atoms with Crippen LogP contribution in [0.25, 0.3) is 10.9 Å². The summed E-state index contributed by atoms with van der Waals surface area (Å²) in [6.07, 6.45) is 0.706. The number of anilines is 2. The lowest BCUT2D eigenvalue weighted by molar-refractivity contribution is 0.181. The Labute approximate surface area is 168 Å². The van der Waals surface area contributed by atoms with Gasteiger partial charge in [-0.15, -0.1) is 0 Å². The fourth-order valence-electron chi connectivity index (χ4n) is 3.22. The average Bonchev–Trinajstić information content (AvgIpc) is 3.09. The average molecular weight is 421 g/mol. The van der Waals surface area contributed by atoms with Gasteiger partial charge in [0, 0.05) is 22.2 Å². The number of hydrogen-bond acceptors (Lipinski definition) is 5. The number of aromatic nitrogens is 2. The van der Waals surface area contributed by atoms with E-state index in [-0.39, 0.29) is 40.8 Å². The smallest absolute Gasteiger partial charge is 0.414 e. The number of carbonyl (C=O) groups excluding carboxylic acids is 1. The Balaban J connectivity index is 1.68. The van der Waals surface area contributed by atoms with Gasteiger partial charge in [0.25, 0.3) is 5.56 Å². The van der Waals surface area contributed by atoms with E-state index in [9.17, 15) is 18.4 Å². The van der Waals surface area contributed by atoms with E-state index < -0.39 is 29.3 Å². The van der Waals surface area contributed by atoms with Gasteiger partial charge in [-0.1, -0.05) is 11.6 Å². The molecule has 0 radical (unpaired) electrons. The molecule has 10 heteroatoms. The lowest BCUT2D eigenvalue weighted by Gasteiger charge is -2.18. The Kier molecular flexibility index (Phi) is 4.83. The Morgan fingerprint density at radius 1 is 1.31 bits per heavy atom. The molecule has 1 aromatic carbocycles. The van der Waals surface area contributed by atoms with Crippen LogP contribution in [0.1, 0.15) is 18.5 Å². The van der Waals surface area contributed by atoms with Crippen LogP contribution in [0.2, 0.25) is 5.02 Å². The van der Waals surface area contributed by atoms with Crippen LogP contribution in [0.15, 0.2) is 35.3 Å². The molecule has 1 atom stereocenters. The number of benzene rings is 1. The van der Waals surface area contributed by atoms with Gasteiger partial charge in [0.1, 0.15) is 12.4 Å². The van der Waals surface area contributed by atoms with E-state index >= 15 is 0 Å². The number of cyclic esters (lactones) is 1. The number of aromatic amines is 1. The second kappa shape index (κ2) is 7.32. The molecule has 1 aliphatic heterocycles. The predicted octanol–water partition coefficient (Wildman–Crippen LogP) is 3.98. The predicted molar refractivity (Wildman–Crippen MR) is 104 cm³/mol. The molecule has 0 aliphatic carbocycles. The summed E-state index contributed by atoms with van der Waals surface area (Å²) in [4.78, 5) is 31.8. The summed E-state index contributed by atoms with van der Waals surface area (Å²) in [5.74, 6) is -1.52. The number of hydrogen-bond donors (Lipinski definition) is 2. The standard InChI is InChI=1S/C19H15ClF2N4O3/c1-9(12-7-10-6-11(20)8-13(21)16(10)25-18(12)27)24-17-15(22)14(2-3-23-17)26-4-5-29-19(26)28/h2-3,6-9H,4-5H2,1H3,(H,23,24)(H,25,27)/t9-/m0/s1. The van der Waals surface area contributed by atoms with Gasteiger partial charge in [-0.3, -0.25) is 9.69 Å². The second-order valence-electron chi connectivity index (χ2n) is 6.53. The number of pyridine rings is 2. The van der Waals surface area contributed by atoms with Crippen LogP contribution >= 0.6 is 11.6 Å². The number of ether oxygens (including phenoxy) is 1. The molecule has 3 heterocycles. The number of fused-ring (bicyclic) bond motifs is 1. The Morgan fingerprint density at radius 2 is 2.10 bits per heavy atom. The summed E-state index contributed by atoms with van der Waals surface area (Å²) in [5, 5.41) is 3.42. The van der Waals surface area contributed by atoms with Crippen LogP contribution in [0, 0.1) is 11.6 Å². The SMILES string of the molecule is C[C@H](Nc1nccc(N2CCOC2=O)c1F)c1cc2cc(Cl)cc(F)c2[nH]c1=O. The monoisotopic (exact) mass is 420 g/mol. The summed E-state index contributed by atoms with van der Waals surface area (Å²) in [6, 6.07) is 4.80. The van der Waals surface area contributed by atoms with Crippen molar-refractivity contribution in [2.45, 2.75) is 13.0 Å². The Hall–Kier alpha value is -3.20. The van der Waals surface area contributed by atoms with Gasteiger partial charge >= 0.3 is 6.09 Å². The van der Waals surface area contributed by atoms with E-state index in [4.69, 9.17) is 16.3 Å².